The zero-order valence-corrected chi connectivity index (χ0v) is 22.1. The van der Waals surface area contributed by atoms with Crippen LogP contribution in [-0.4, -0.2) is 35.8 Å². The fraction of sp³-hybridized carbons (Fsp3) is 0.167. The fourth-order valence-corrected chi connectivity index (χ4v) is 4.52. The van der Waals surface area contributed by atoms with E-state index in [4.69, 9.17) is 9.47 Å². The van der Waals surface area contributed by atoms with Crippen LogP contribution in [0.15, 0.2) is 90.3 Å². The van der Waals surface area contributed by atoms with Crippen LogP contribution in [0.1, 0.15) is 34.5 Å². The van der Waals surface area contributed by atoms with Crippen molar-refractivity contribution in [2.75, 3.05) is 30.2 Å². The molecule has 198 valence electrons. The molecule has 0 aliphatic carbocycles. The summed E-state index contributed by atoms with van der Waals surface area (Å²) in [6.07, 6.45) is 1.51. The topological polar surface area (TPSA) is 107 Å². The van der Waals surface area contributed by atoms with Gasteiger partial charge < -0.3 is 25.4 Å². The lowest BCUT2D eigenvalue weighted by Gasteiger charge is -2.30. The molecule has 0 saturated heterocycles. The van der Waals surface area contributed by atoms with Gasteiger partial charge in [-0.15, -0.1) is 0 Å². The summed E-state index contributed by atoms with van der Waals surface area (Å²) in [5, 5.41) is 13.7. The second-order valence-corrected chi connectivity index (χ2v) is 9.19. The van der Waals surface area contributed by atoms with E-state index >= 15 is 0 Å². The maximum Gasteiger partial charge on any atom is 0.261 e. The van der Waals surface area contributed by atoms with Crippen molar-refractivity contribution in [3.8, 4) is 11.5 Å². The van der Waals surface area contributed by atoms with Crippen molar-refractivity contribution in [3.63, 3.8) is 0 Å². The zero-order chi connectivity index (χ0) is 27.5. The number of anilines is 3. The maximum absolute atomic E-state index is 13.7. The second-order valence-electron chi connectivity index (χ2n) is 9.19. The average Bonchev–Trinajstić information content (AvgIpc) is 3.37. The largest absolute Gasteiger partial charge is 0.497 e. The Morgan fingerprint density at radius 2 is 1.33 bits per heavy atom. The number of amides is 2. The van der Waals surface area contributed by atoms with Crippen molar-refractivity contribution < 1.29 is 19.1 Å². The molecule has 2 heterocycles. The molecule has 0 spiro atoms. The molecule has 3 aromatic carbocycles. The Balaban J connectivity index is 1.51. The molecule has 1 atom stereocenters. The number of methoxy groups -OCH3 is 2. The monoisotopic (exact) mass is 523 g/mol. The van der Waals surface area contributed by atoms with E-state index < -0.39 is 6.04 Å². The first-order chi connectivity index (χ1) is 18.9. The third-order valence-electron chi connectivity index (χ3n) is 6.60. The van der Waals surface area contributed by atoms with Crippen LogP contribution in [0, 0.1) is 6.92 Å². The number of fused-ring (bicyclic) bond motifs is 1. The highest BCUT2D eigenvalue weighted by atomic mass is 16.5. The van der Waals surface area contributed by atoms with Gasteiger partial charge in [0.25, 0.3) is 11.8 Å². The van der Waals surface area contributed by atoms with Gasteiger partial charge in [-0.3, -0.25) is 9.59 Å². The number of aromatic nitrogens is 2. The van der Waals surface area contributed by atoms with E-state index in [-0.39, 0.29) is 11.8 Å². The normalized spacial score (nSPS) is 14.2. The molecule has 1 aliphatic rings. The number of ether oxygens (including phenoxy) is 2. The number of benzene rings is 3. The van der Waals surface area contributed by atoms with E-state index in [9.17, 15) is 9.59 Å². The maximum atomic E-state index is 13.7. The molecule has 9 heteroatoms. The predicted octanol–water partition coefficient (Wildman–Crippen LogP) is 5.39. The van der Waals surface area contributed by atoms with Gasteiger partial charge in [-0.1, -0.05) is 29.8 Å². The van der Waals surface area contributed by atoms with Gasteiger partial charge in [-0.2, -0.15) is 5.10 Å². The van der Waals surface area contributed by atoms with Gasteiger partial charge in [0, 0.05) is 17.1 Å². The summed E-state index contributed by atoms with van der Waals surface area (Å²) < 4.78 is 12.2. The van der Waals surface area contributed by atoms with Crippen LogP contribution in [0.25, 0.3) is 0 Å². The first-order valence-electron chi connectivity index (χ1n) is 12.4. The zero-order valence-electron chi connectivity index (χ0n) is 22.1. The number of carbonyl (C=O) groups is 2. The minimum Gasteiger partial charge on any atom is -0.497 e. The predicted molar refractivity (Wildman–Crippen MR) is 150 cm³/mol. The number of carbonyl (C=O) groups excluding carboxylic acids is 2. The molecule has 0 radical (unpaired) electrons. The molecule has 4 aromatic rings. The summed E-state index contributed by atoms with van der Waals surface area (Å²) in [6.45, 7) is 3.80. The third kappa shape index (κ3) is 5.19. The number of nitrogens with zero attached hydrogens (tertiary/aromatic N) is 2. The molecule has 39 heavy (non-hydrogen) atoms. The fourth-order valence-electron chi connectivity index (χ4n) is 4.52. The Kier molecular flexibility index (Phi) is 7.05. The van der Waals surface area contributed by atoms with Crippen LogP contribution in [0.4, 0.5) is 17.2 Å². The lowest BCUT2D eigenvalue weighted by atomic mass is 9.94. The molecule has 3 N–H and O–H groups in total. The lowest BCUT2D eigenvalue weighted by molar-refractivity contribution is -0.113. The van der Waals surface area contributed by atoms with Gasteiger partial charge in [0.15, 0.2) is 0 Å². The van der Waals surface area contributed by atoms with Crippen molar-refractivity contribution in [1.29, 1.82) is 0 Å². The first-order valence-corrected chi connectivity index (χ1v) is 12.4. The number of rotatable bonds is 7. The van der Waals surface area contributed by atoms with Crippen molar-refractivity contribution in [3.05, 3.63) is 107 Å². The summed E-state index contributed by atoms with van der Waals surface area (Å²) in [5.41, 5.74) is 4.66. The van der Waals surface area contributed by atoms with Crippen LogP contribution in [0.2, 0.25) is 0 Å². The molecule has 1 aliphatic heterocycles. The van der Waals surface area contributed by atoms with E-state index in [0.29, 0.717) is 45.5 Å². The summed E-state index contributed by atoms with van der Waals surface area (Å²) in [6, 6.07) is 21.5. The van der Waals surface area contributed by atoms with E-state index in [2.05, 4.69) is 21.0 Å². The van der Waals surface area contributed by atoms with E-state index in [1.54, 1.807) is 43.2 Å². The average molecular weight is 524 g/mol. The lowest BCUT2D eigenvalue weighted by Crippen LogP contribution is -2.32. The minimum atomic E-state index is -0.591. The minimum absolute atomic E-state index is 0.294. The summed E-state index contributed by atoms with van der Waals surface area (Å²) >= 11 is 0. The van der Waals surface area contributed by atoms with Crippen molar-refractivity contribution >= 4 is 29.0 Å². The van der Waals surface area contributed by atoms with E-state index in [1.165, 1.54) is 6.20 Å². The number of hydrogen-bond acceptors (Lipinski definition) is 6. The molecule has 1 unspecified atom stereocenters. The summed E-state index contributed by atoms with van der Waals surface area (Å²) in [4.78, 5) is 26.9. The van der Waals surface area contributed by atoms with Crippen LogP contribution >= 0.6 is 0 Å². The Hall–Kier alpha value is -5.05. The molecule has 9 nitrogen and oxygen atoms in total. The third-order valence-corrected chi connectivity index (χ3v) is 6.60. The molecule has 0 fully saturated rings. The van der Waals surface area contributed by atoms with E-state index in [0.717, 1.165) is 11.1 Å². The molecule has 0 bridgehead atoms. The highest BCUT2D eigenvalue weighted by Crippen LogP contribution is 2.38. The van der Waals surface area contributed by atoms with Crippen molar-refractivity contribution in [2.24, 2.45) is 0 Å². The van der Waals surface area contributed by atoms with Gasteiger partial charge in [-0.25, -0.2) is 4.68 Å². The van der Waals surface area contributed by atoms with Gasteiger partial charge >= 0.3 is 0 Å². The Bertz CT molecular complexity index is 1540. The van der Waals surface area contributed by atoms with Gasteiger partial charge in [0.2, 0.25) is 0 Å². The number of aryl methyl sites for hydroxylation is 1. The van der Waals surface area contributed by atoms with Crippen LogP contribution in [0.5, 0.6) is 11.5 Å². The molecule has 2 amide bonds. The Labute approximate surface area is 226 Å². The van der Waals surface area contributed by atoms with Gasteiger partial charge in [-0.05, 0) is 67.9 Å². The molecular formula is C30H29N5O4. The highest BCUT2D eigenvalue weighted by Gasteiger charge is 2.35. The highest BCUT2D eigenvalue weighted by molar-refractivity contribution is 6.09. The SMILES string of the molecule is COc1ccc(NC(=O)C2=C(C)Nc3c(C(=O)Nc4ccc(C)cc4)cnn3C2c2ccc(OC)cc2)cc1. The molecule has 0 saturated carbocycles. The van der Waals surface area contributed by atoms with Crippen LogP contribution in [-0.2, 0) is 4.79 Å². The van der Waals surface area contributed by atoms with Crippen LogP contribution in [0.3, 0.4) is 0 Å². The first kappa shape index (κ1) is 25.6. The molecular weight excluding hydrogens is 494 g/mol. The van der Waals surface area contributed by atoms with Crippen molar-refractivity contribution in [1.82, 2.24) is 9.78 Å². The van der Waals surface area contributed by atoms with E-state index in [1.807, 2.05) is 62.4 Å². The second kappa shape index (κ2) is 10.7. The van der Waals surface area contributed by atoms with Crippen LogP contribution < -0.4 is 25.4 Å². The van der Waals surface area contributed by atoms with Gasteiger partial charge in [0.1, 0.15) is 28.9 Å². The number of allylic oxidation sites excluding steroid dienone is 1. The summed E-state index contributed by atoms with van der Waals surface area (Å²) in [5.74, 6) is 1.28. The Morgan fingerprint density at radius 3 is 1.92 bits per heavy atom. The number of nitrogens with one attached hydrogen (secondary N) is 3. The number of hydrogen-bond donors (Lipinski definition) is 3. The molecule has 1 aromatic heterocycles. The quantitative estimate of drug-likeness (QED) is 0.300. The standard InChI is InChI=1S/C30H29N5O4/c1-18-5-9-21(10-6-18)33-29(36)25-17-31-35-27(20-7-13-23(38-3)14-8-20)26(19(2)32-28(25)35)30(37)34-22-11-15-24(39-4)16-12-22/h5-17,27,32H,1-4H3,(H,33,36)(H,34,37). The van der Waals surface area contributed by atoms with Gasteiger partial charge in [0.05, 0.1) is 26.0 Å². The summed E-state index contributed by atoms with van der Waals surface area (Å²) in [7, 11) is 3.19. The Morgan fingerprint density at radius 1 is 0.795 bits per heavy atom. The molecule has 5 rings (SSSR count). The smallest absolute Gasteiger partial charge is 0.261 e. The van der Waals surface area contributed by atoms with Crippen molar-refractivity contribution in [2.45, 2.75) is 19.9 Å².